The second-order valence-electron chi connectivity index (χ2n) is 5.21. The molecule has 0 atom stereocenters. The lowest BCUT2D eigenvalue weighted by atomic mass is 10.1. The van der Waals surface area contributed by atoms with Crippen LogP contribution in [0, 0.1) is 6.92 Å². The van der Waals surface area contributed by atoms with E-state index in [1.165, 1.54) is 18.3 Å². The van der Waals surface area contributed by atoms with Crippen molar-refractivity contribution in [3.8, 4) is 5.75 Å². The quantitative estimate of drug-likeness (QED) is 0.916. The van der Waals surface area contributed by atoms with E-state index < -0.39 is 21.8 Å². The number of hydrogen-bond acceptors (Lipinski definition) is 5. The highest BCUT2D eigenvalue weighted by Gasteiger charge is 2.35. The molecule has 1 N–H and O–H groups in total. The summed E-state index contributed by atoms with van der Waals surface area (Å²) in [7, 11) is -2.32. The molecule has 0 bridgehead atoms. The first-order valence-corrected chi connectivity index (χ1v) is 8.27. The second-order valence-corrected chi connectivity index (χ2v) is 7.11. The minimum atomic E-state index is -3.85. The van der Waals surface area contributed by atoms with Crippen molar-refractivity contribution in [2.75, 3.05) is 7.11 Å². The summed E-state index contributed by atoms with van der Waals surface area (Å²) in [5.41, 5.74) is 1.69. The average molecular weight is 337 g/mol. The Balaban J connectivity index is 1.98. The first kappa shape index (κ1) is 15.6. The number of furan rings is 1. The largest absolute Gasteiger partial charge is 0.496 e. The zero-order chi connectivity index (χ0) is 16.8. The molecule has 0 fully saturated rings. The van der Waals surface area contributed by atoms with Gasteiger partial charge in [0.25, 0.3) is 0 Å². The van der Waals surface area contributed by atoms with Gasteiger partial charge in [0.05, 0.1) is 7.11 Å². The van der Waals surface area contributed by atoms with Gasteiger partial charge >= 0.3 is 5.97 Å². The van der Waals surface area contributed by atoms with E-state index in [0.717, 1.165) is 17.2 Å². The Labute approximate surface area is 133 Å². The van der Waals surface area contributed by atoms with E-state index in [1.54, 1.807) is 12.1 Å². The summed E-state index contributed by atoms with van der Waals surface area (Å²) in [4.78, 5) is 10.8. The normalized spacial score (nSPS) is 14.7. The molecule has 1 aromatic carbocycles. The molecule has 0 amide bonds. The Kier molecular flexibility index (Phi) is 3.65. The second kappa shape index (κ2) is 5.39. The predicted octanol–water partition coefficient (Wildman–Crippen LogP) is 2.00. The molecule has 122 valence electrons. The van der Waals surface area contributed by atoms with Gasteiger partial charge in [0.15, 0.2) is 0 Å². The van der Waals surface area contributed by atoms with Crippen molar-refractivity contribution < 1.29 is 27.5 Å². The van der Waals surface area contributed by atoms with Crippen LogP contribution in [0.25, 0.3) is 0 Å². The van der Waals surface area contributed by atoms with Crippen molar-refractivity contribution in [3.63, 3.8) is 0 Å². The Morgan fingerprint density at radius 2 is 2.09 bits per heavy atom. The van der Waals surface area contributed by atoms with Crippen LogP contribution in [0.2, 0.25) is 0 Å². The van der Waals surface area contributed by atoms with E-state index in [4.69, 9.17) is 14.3 Å². The number of carboxylic acid groups (broad SMARTS) is 1. The fraction of sp³-hybridized carbons (Fsp3) is 0.267. The van der Waals surface area contributed by atoms with Gasteiger partial charge in [0, 0.05) is 24.7 Å². The molecule has 0 aliphatic carbocycles. The van der Waals surface area contributed by atoms with Crippen LogP contribution in [0.5, 0.6) is 5.75 Å². The SMILES string of the molecule is COc1cccc2c1CN(S(=O)(=O)c1cc(C(=O)O)oc1C)C2. The van der Waals surface area contributed by atoms with E-state index in [0.29, 0.717) is 5.75 Å². The third-order valence-corrected chi connectivity index (χ3v) is 5.73. The van der Waals surface area contributed by atoms with Crippen LogP contribution in [-0.2, 0) is 23.1 Å². The molecule has 1 aliphatic heterocycles. The standard InChI is InChI=1S/C15H15NO6S/c1-9-14(6-13(22-9)15(17)18)23(19,20)16-7-10-4-3-5-12(21-2)11(10)8-16/h3-6H,7-8H2,1-2H3,(H,17,18). The highest BCUT2D eigenvalue weighted by molar-refractivity contribution is 7.89. The third kappa shape index (κ3) is 2.49. The van der Waals surface area contributed by atoms with Crippen LogP contribution in [0.15, 0.2) is 33.6 Å². The lowest BCUT2D eigenvalue weighted by Crippen LogP contribution is -2.25. The Bertz CT molecular complexity index is 883. The monoisotopic (exact) mass is 337 g/mol. The molecule has 2 aromatic rings. The van der Waals surface area contributed by atoms with Gasteiger partial charge in [0.1, 0.15) is 16.4 Å². The van der Waals surface area contributed by atoms with Gasteiger partial charge in [-0.15, -0.1) is 0 Å². The van der Waals surface area contributed by atoms with Gasteiger partial charge < -0.3 is 14.3 Å². The molecule has 0 radical (unpaired) electrons. The molecule has 3 rings (SSSR count). The molecule has 8 heteroatoms. The summed E-state index contributed by atoms with van der Waals surface area (Å²) >= 11 is 0. The number of hydrogen-bond donors (Lipinski definition) is 1. The van der Waals surface area contributed by atoms with Crippen LogP contribution < -0.4 is 4.74 Å². The van der Waals surface area contributed by atoms with Gasteiger partial charge in [-0.3, -0.25) is 0 Å². The Hall–Kier alpha value is -2.32. The number of aryl methyl sites for hydroxylation is 1. The molecule has 23 heavy (non-hydrogen) atoms. The van der Waals surface area contributed by atoms with E-state index in [2.05, 4.69) is 0 Å². The molecule has 2 heterocycles. The molecule has 0 saturated heterocycles. The average Bonchev–Trinajstić information content (AvgIpc) is 3.10. The fourth-order valence-electron chi connectivity index (χ4n) is 2.69. The number of carbonyl (C=O) groups is 1. The van der Waals surface area contributed by atoms with Crippen molar-refractivity contribution in [2.24, 2.45) is 0 Å². The Morgan fingerprint density at radius 1 is 1.35 bits per heavy atom. The first-order valence-electron chi connectivity index (χ1n) is 6.83. The molecule has 0 saturated carbocycles. The number of rotatable bonds is 4. The summed E-state index contributed by atoms with van der Waals surface area (Å²) in [6, 6.07) is 6.48. The van der Waals surface area contributed by atoms with Crippen LogP contribution in [0.4, 0.5) is 0 Å². The molecular weight excluding hydrogens is 322 g/mol. The summed E-state index contributed by atoms with van der Waals surface area (Å²) in [6.45, 7) is 1.82. The minimum Gasteiger partial charge on any atom is -0.496 e. The van der Waals surface area contributed by atoms with Crippen LogP contribution >= 0.6 is 0 Å². The zero-order valence-corrected chi connectivity index (χ0v) is 13.4. The number of aromatic carboxylic acids is 1. The van der Waals surface area contributed by atoms with Crippen LogP contribution in [-0.4, -0.2) is 30.9 Å². The zero-order valence-electron chi connectivity index (χ0n) is 12.6. The summed E-state index contributed by atoms with van der Waals surface area (Å²) in [5, 5.41) is 8.95. The first-order chi connectivity index (χ1) is 10.8. The van der Waals surface area contributed by atoms with Crippen LogP contribution in [0.3, 0.4) is 0 Å². The maximum absolute atomic E-state index is 12.8. The van der Waals surface area contributed by atoms with Gasteiger partial charge in [-0.2, -0.15) is 4.31 Å². The molecule has 0 spiro atoms. The fourth-order valence-corrected chi connectivity index (χ4v) is 4.24. The highest BCUT2D eigenvalue weighted by atomic mass is 32.2. The van der Waals surface area contributed by atoms with Crippen molar-refractivity contribution in [3.05, 3.63) is 46.9 Å². The smallest absolute Gasteiger partial charge is 0.371 e. The van der Waals surface area contributed by atoms with Gasteiger partial charge in [0.2, 0.25) is 15.8 Å². The molecule has 1 aliphatic rings. The van der Waals surface area contributed by atoms with Crippen molar-refractivity contribution in [1.29, 1.82) is 0 Å². The lowest BCUT2D eigenvalue weighted by molar-refractivity contribution is 0.0661. The summed E-state index contributed by atoms with van der Waals surface area (Å²) in [5.74, 6) is -1.00. The van der Waals surface area contributed by atoms with Crippen LogP contribution in [0.1, 0.15) is 27.4 Å². The van der Waals surface area contributed by atoms with Crippen molar-refractivity contribution in [1.82, 2.24) is 4.31 Å². The lowest BCUT2D eigenvalue weighted by Gasteiger charge is -2.14. The topological polar surface area (TPSA) is 97.0 Å². The van der Waals surface area contributed by atoms with Gasteiger partial charge in [-0.25, -0.2) is 13.2 Å². The van der Waals surface area contributed by atoms with Crippen molar-refractivity contribution in [2.45, 2.75) is 24.9 Å². The molecular formula is C15H15NO6S. The maximum atomic E-state index is 12.8. The van der Waals surface area contributed by atoms with Gasteiger partial charge in [-0.05, 0) is 18.6 Å². The van der Waals surface area contributed by atoms with E-state index in [9.17, 15) is 13.2 Å². The number of fused-ring (bicyclic) bond motifs is 1. The maximum Gasteiger partial charge on any atom is 0.371 e. The summed E-state index contributed by atoms with van der Waals surface area (Å²) in [6.07, 6.45) is 0. The number of nitrogens with zero attached hydrogens (tertiary/aromatic N) is 1. The van der Waals surface area contributed by atoms with E-state index in [-0.39, 0.29) is 23.7 Å². The Morgan fingerprint density at radius 3 is 2.70 bits per heavy atom. The molecule has 1 aromatic heterocycles. The van der Waals surface area contributed by atoms with Crippen molar-refractivity contribution >= 4 is 16.0 Å². The minimum absolute atomic E-state index is 0.0605. The number of benzene rings is 1. The number of ether oxygens (including phenoxy) is 1. The number of methoxy groups -OCH3 is 1. The molecule has 7 nitrogen and oxygen atoms in total. The summed E-state index contributed by atoms with van der Waals surface area (Å²) < 4.78 is 37.1. The van der Waals surface area contributed by atoms with Gasteiger partial charge in [-0.1, -0.05) is 12.1 Å². The number of sulfonamides is 1. The predicted molar refractivity (Wildman–Crippen MR) is 79.8 cm³/mol. The third-order valence-electron chi connectivity index (χ3n) is 3.83. The van der Waals surface area contributed by atoms with E-state index >= 15 is 0 Å². The highest BCUT2D eigenvalue weighted by Crippen LogP contribution is 2.35. The molecule has 0 unspecified atom stereocenters. The van der Waals surface area contributed by atoms with E-state index in [1.807, 2.05) is 6.07 Å². The number of carboxylic acids is 1.